The van der Waals surface area contributed by atoms with Crippen LogP contribution < -0.4 is 0 Å². The number of hydrogen-bond acceptors (Lipinski definition) is 2. The van der Waals surface area contributed by atoms with Gasteiger partial charge in [0.05, 0.1) is 0 Å². The molecule has 0 aromatic heterocycles. The molecule has 5 rings (SSSR count). The summed E-state index contributed by atoms with van der Waals surface area (Å²) in [5.74, 6) is 4.59. The number of fused-ring (bicyclic) bond motifs is 5. The highest BCUT2D eigenvalue weighted by molar-refractivity contribution is 5.51. The van der Waals surface area contributed by atoms with Gasteiger partial charge in [-0.3, -0.25) is 0 Å². The molecule has 3 saturated carbocycles. The van der Waals surface area contributed by atoms with Crippen LogP contribution in [0.4, 0.5) is 0 Å². The Hall–Kier alpha value is -1.96. The van der Waals surface area contributed by atoms with Gasteiger partial charge in [0.25, 0.3) is 0 Å². The van der Waals surface area contributed by atoms with Crippen molar-refractivity contribution >= 4 is 0 Å². The Bertz CT molecular complexity index is 944. The number of aromatic hydroxyl groups is 2. The van der Waals surface area contributed by atoms with Gasteiger partial charge in [0.1, 0.15) is 11.5 Å². The summed E-state index contributed by atoms with van der Waals surface area (Å²) in [5, 5.41) is 22.0. The van der Waals surface area contributed by atoms with Crippen molar-refractivity contribution < 1.29 is 10.2 Å². The number of phenols is 2. The van der Waals surface area contributed by atoms with Gasteiger partial charge in [0.2, 0.25) is 0 Å². The van der Waals surface area contributed by atoms with Crippen molar-refractivity contribution in [3.05, 3.63) is 57.6 Å². The molecule has 0 radical (unpaired) electrons. The van der Waals surface area contributed by atoms with Crippen molar-refractivity contribution in [1.29, 1.82) is 0 Å². The normalized spacial score (nSPS) is 33.4. The Morgan fingerprint density at radius 3 is 1.96 bits per heavy atom. The summed E-state index contributed by atoms with van der Waals surface area (Å²) in [4.78, 5) is 0. The van der Waals surface area contributed by atoms with E-state index in [-0.39, 0.29) is 0 Å². The first-order chi connectivity index (χ1) is 13.3. The van der Waals surface area contributed by atoms with E-state index in [0.29, 0.717) is 29.3 Å². The third-order valence-electron chi connectivity index (χ3n) is 8.24. The molecular formula is C26H32O2. The summed E-state index contributed by atoms with van der Waals surface area (Å²) in [7, 11) is 0. The van der Waals surface area contributed by atoms with Crippen LogP contribution in [0.15, 0.2) is 24.3 Å². The molecular weight excluding hydrogens is 344 g/mol. The minimum atomic E-state index is 0.295. The molecule has 0 spiro atoms. The Labute approximate surface area is 168 Å². The van der Waals surface area contributed by atoms with Crippen LogP contribution in [-0.2, 0) is 0 Å². The molecule has 148 valence electrons. The number of phenolic OH excluding ortho intramolecular Hbond substituents is 2. The topological polar surface area (TPSA) is 40.5 Å². The summed E-state index contributed by atoms with van der Waals surface area (Å²) >= 11 is 0. The summed E-state index contributed by atoms with van der Waals surface area (Å²) in [5.41, 5.74) is 6.62. The molecule has 0 heterocycles. The third-order valence-corrected chi connectivity index (χ3v) is 8.24. The predicted molar refractivity (Wildman–Crippen MR) is 113 cm³/mol. The van der Waals surface area contributed by atoms with Crippen LogP contribution >= 0.6 is 0 Å². The first-order valence-electron chi connectivity index (χ1n) is 11.0. The second-order valence-electron chi connectivity index (χ2n) is 9.98. The van der Waals surface area contributed by atoms with E-state index < -0.39 is 0 Å². The minimum absolute atomic E-state index is 0.295. The summed E-state index contributed by atoms with van der Waals surface area (Å²) in [6.07, 6.45) is 5.25. The largest absolute Gasteiger partial charge is 0.507 e. The third kappa shape index (κ3) is 2.53. The summed E-state index contributed by atoms with van der Waals surface area (Å²) in [6.45, 7) is 8.28. The molecule has 2 nitrogen and oxygen atoms in total. The van der Waals surface area contributed by atoms with Crippen LogP contribution in [0.25, 0.3) is 0 Å². The maximum atomic E-state index is 11.1. The Morgan fingerprint density at radius 1 is 0.714 bits per heavy atom. The first kappa shape index (κ1) is 18.1. The lowest BCUT2D eigenvalue weighted by molar-refractivity contribution is 0.240. The van der Waals surface area contributed by atoms with E-state index in [1.54, 1.807) is 0 Å². The van der Waals surface area contributed by atoms with Crippen LogP contribution in [0.3, 0.4) is 0 Å². The highest BCUT2D eigenvalue weighted by Crippen LogP contribution is 2.68. The molecule has 28 heavy (non-hydrogen) atoms. The van der Waals surface area contributed by atoms with Crippen molar-refractivity contribution in [3.63, 3.8) is 0 Å². The molecule has 2 N–H and O–H groups in total. The molecule has 2 bridgehead atoms. The van der Waals surface area contributed by atoms with Gasteiger partial charge in [-0.1, -0.05) is 35.4 Å². The molecule has 6 atom stereocenters. The average Bonchev–Trinajstić information content (AvgIpc) is 3.33. The Kier molecular flexibility index (Phi) is 4.05. The average molecular weight is 377 g/mol. The van der Waals surface area contributed by atoms with Crippen molar-refractivity contribution in [1.82, 2.24) is 0 Å². The van der Waals surface area contributed by atoms with E-state index in [1.807, 2.05) is 13.8 Å². The highest BCUT2D eigenvalue weighted by Gasteiger charge is 2.58. The van der Waals surface area contributed by atoms with E-state index in [2.05, 4.69) is 38.1 Å². The van der Waals surface area contributed by atoms with E-state index in [1.165, 1.54) is 30.4 Å². The number of aryl methyl sites for hydroxylation is 4. The molecule has 6 unspecified atom stereocenters. The van der Waals surface area contributed by atoms with Crippen LogP contribution in [0.1, 0.15) is 70.9 Å². The van der Waals surface area contributed by atoms with E-state index in [9.17, 15) is 10.2 Å². The zero-order valence-corrected chi connectivity index (χ0v) is 17.5. The van der Waals surface area contributed by atoms with Crippen LogP contribution in [0, 0.1) is 51.4 Å². The van der Waals surface area contributed by atoms with E-state index >= 15 is 0 Å². The molecule has 0 saturated heterocycles. The van der Waals surface area contributed by atoms with Crippen LogP contribution in [0.2, 0.25) is 0 Å². The van der Waals surface area contributed by atoms with Crippen molar-refractivity contribution in [3.8, 4) is 11.5 Å². The van der Waals surface area contributed by atoms with Crippen LogP contribution in [0.5, 0.6) is 11.5 Å². The summed E-state index contributed by atoms with van der Waals surface area (Å²) in [6, 6.07) is 8.56. The second kappa shape index (κ2) is 6.27. The molecule has 2 aromatic carbocycles. The maximum absolute atomic E-state index is 11.1. The number of rotatable bonds is 2. The van der Waals surface area contributed by atoms with Crippen molar-refractivity contribution in [2.24, 2.45) is 23.7 Å². The summed E-state index contributed by atoms with van der Waals surface area (Å²) < 4.78 is 0. The van der Waals surface area contributed by atoms with Gasteiger partial charge in [0.15, 0.2) is 0 Å². The Morgan fingerprint density at radius 2 is 1.29 bits per heavy atom. The zero-order valence-electron chi connectivity index (χ0n) is 17.5. The molecule has 0 aliphatic heterocycles. The SMILES string of the molecule is Cc1cc(C)c(O)c(C2CC3C4CCC(C4)C3C2c2cc(C)cc(C)c2O)c1. The number of benzene rings is 2. The fraction of sp³-hybridized carbons (Fsp3) is 0.538. The smallest absolute Gasteiger partial charge is 0.122 e. The predicted octanol–water partition coefficient (Wildman–Crippen LogP) is 6.26. The molecule has 3 aliphatic carbocycles. The number of hydrogen-bond donors (Lipinski definition) is 2. The molecule has 3 fully saturated rings. The van der Waals surface area contributed by atoms with Gasteiger partial charge in [-0.05, 0) is 111 Å². The molecule has 2 heteroatoms. The zero-order chi connectivity index (χ0) is 19.7. The van der Waals surface area contributed by atoms with E-state index in [0.717, 1.165) is 46.4 Å². The van der Waals surface area contributed by atoms with Crippen LogP contribution in [-0.4, -0.2) is 10.2 Å². The lowest BCUT2D eigenvalue weighted by Gasteiger charge is -2.32. The van der Waals surface area contributed by atoms with Crippen molar-refractivity contribution in [2.45, 2.75) is 65.2 Å². The standard InChI is InChI=1S/C26H32O2/c1-13-7-15(3)25(27)21(9-13)20-12-19-17-5-6-18(11-17)23(19)24(20)22-10-14(2)8-16(4)26(22)28/h7-10,17-20,23-24,27-28H,5-6,11-12H2,1-4H3. The fourth-order valence-corrected chi connectivity index (χ4v) is 7.34. The van der Waals surface area contributed by atoms with Gasteiger partial charge in [-0.15, -0.1) is 0 Å². The second-order valence-corrected chi connectivity index (χ2v) is 9.98. The lowest BCUT2D eigenvalue weighted by Crippen LogP contribution is -2.22. The molecule has 3 aliphatic rings. The van der Waals surface area contributed by atoms with Gasteiger partial charge in [0, 0.05) is 0 Å². The van der Waals surface area contributed by atoms with Gasteiger partial charge in [-0.2, -0.15) is 0 Å². The minimum Gasteiger partial charge on any atom is -0.507 e. The molecule has 2 aromatic rings. The quantitative estimate of drug-likeness (QED) is 0.649. The monoisotopic (exact) mass is 376 g/mol. The lowest BCUT2D eigenvalue weighted by atomic mass is 9.72. The van der Waals surface area contributed by atoms with Crippen molar-refractivity contribution in [2.75, 3.05) is 0 Å². The Balaban J connectivity index is 1.69. The van der Waals surface area contributed by atoms with Gasteiger partial charge < -0.3 is 10.2 Å². The highest BCUT2D eigenvalue weighted by atomic mass is 16.3. The fourth-order valence-electron chi connectivity index (χ4n) is 7.34. The van der Waals surface area contributed by atoms with E-state index in [4.69, 9.17) is 0 Å². The molecule has 0 amide bonds. The van der Waals surface area contributed by atoms with Gasteiger partial charge >= 0.3 is 0 Å². The maximum Gasteiger partial charge on any atom is 0.122 e. The van der Waals surface area contributed by atoms with Gasteiger partial charge in [-0.25, -0.2) is 0 Å². The first-order valence-corrected chi connectivity index (χ1v) is 11.0.